The molecule has 2 aromatic carbocycles. The number of ether oxygens (including phenoxy) is 1. The highest BCUT2D eigenvalue weighted by Gasteiger charge is 2.09. The molecule has 0 spiro atoms. The highest BCUT2D eigenvalue weighted by Crippen LogP contribution is 2.31. The van der Waals surface area contributed by atoms with Crippen LogP contribution >= 0.6 is 34.8 Å². The van der Waals surface area contributed by atoms with E-state index in [9.17, 15) is 4.79 Å². The first-order chi connectivity index (χ1) is 10.4. The van der Waals surface area contributed by atoms with Crippen LogP contribution in [-0.2, 0) is 4.79 Å². The minimum absolute atomic E-state index is 0.152. The first-order valence-corrected chi connectivity index (χ1v) is 7.43. The van der Waals surface area contributed by atoms with Gasteiger partial charge in [-0.3, -0.25) is 4.79 Å². The molecule has 1 amide bonds. The van der Waals surface area contributed by atoms with E-state index in [0.29, 0.717) is 16.5 Å². The number of amides is 1. The first kappa shape index (κ1) is 16.7. The number of nitrogens with one attached hydrogen (secondary N) is 1. The summed E-state index contributed by atoms with van der Waals surface area (Å²) in [5.74, 6) is 0.218. The molecule has 0 heterocycles. The van der Waals surface area contributed by atoms with Gasteiger partial charge in [-0.2, -0.15) is 0 Å². The van der Waals surface area contributed by atoms with Crippen LogP contribution in [0.5, 0.6) is 5.75 Å². The average Bonchev–Trinajstić information content (AvgIpc) is 2.46. The number of carbonyl (C=O) groups is 1. The van der Waals surface area contributed by atoms with E-state index in [-0.39, 0.29) is 28.2 Å². The maximum Gasteiger partial charge on any atom is 0.262 e. The largest absolute Gasteiger partial charge is 0.484 e. The molecule has 0 saturated carbocycles. The van der Waals surface area contributed by atoms with Crippen LogP contribution in [0.4, 0.5) is 11.4 Å². The Morgan fingerprint density at radius 3 is 2.36 bits per heavy atom. The number of halogens is 3. The molecule has 4 nitrogen and oxygen atoms in total. The number of aryl methyl sites for hydroxylation is 1. The van der Waals surface area contributed by atoms with Gasteiger partial charge in [0.2, 0.25) is 0 Å². The number of benzene rings is 2. The molecule has 2 rings (SSSR count). The first-order valence-electron chi connectivity index (χ1n) is 6.30. The topological polar surface area (TPSA) is 64.3 Å². The van der Waals surface area contributed by atoms with Crippen LogP contribution in [0, 0.1) is 6.92 Å². The third-order valence-corrected chi connectivity index (χ3v) is 3.91. The SMILES string of the molecule is Cc1cc(OCC(=O)Nc2cc(Cl)c(N)c(Cl)c2)ccc1Cl. The molecule has 0 radical (unpaired) electrons. The number of hydrogen-bond acceptors (Lipinski definition) is 3. The summed E-state index contributed by atoms with van der Waals surface area (Å²) >= 11 is 17.7. The molecule has 116 valence electrons. The van der Waals surface area contributed by atoms with Gasteiger partial charge in [-0.05, 0) is 42.8 Å². The van der Waals surface area contributed by atoms with Crippen LogP contribution in [-0.4, -0.2) is 12.5 Å². The lowest BCUT2D eigenvalue weighted by Gasteiger charge is -2.10. The molecule has 0 bridgehead atoms. The van der Waals surface area contributed by atoms with Crippen molar-refractivity contribution < 1.29 is 9.53 Å². The number of carbonyl (C=O) groups excluding carboxylic acids is 1. The maximum atomic E-state index is 11.9. The average molecular weight is 360 g/mol. The molecule has 2 aromatic rings. The number of rotatable bonds is 4. The predicted molar refractivity (Wildman–Crippen MR) is 91.2 cm³/mol. The lowest BCUT2D eigenvalue weighted by Crippen LogP contribution is -2.20. The minimum atomic E-state index is -0.343. The molecule has 0 aliphatic carbocycles. The molecule has 7 heteroatoms. The highest BCUT2D eigenvalue weighted by atomic mass is 35.5. The Balaban J connectivity index is 1.97. The zero-order valence-electron chi connectivity index (χ0n) is 11.6. The molecule has 22 heavy (non-hydrogen) atoms. The van der Waals surface area contributed by atoms with E-state index in [2.05, 4.69) is 5.32 Å². The standard InChI is InChI=1S/C15H13Cl3N2O2/c1-8-4-10(2-3-11(8)16)22-7-14(21)20-9-5-12(17)15(19)13(18)6-9/h2-6H,7,19H2,1H3,(H,20,21). The Morgan fingerprint density at radius 2 is 1.77 bits per heavy atom. The van der Waals surface area contributed by atoms with Crippen molar-refractivity contribution in [3.63, 3.8) is 0 Å². The van der Waals surface area contributed by atoms with Crippen LogP contribution in [0.3, 0.4) is 0 Å². The van der Waals surface area contributed by atoms with E-state index in [1.54, 1.807) is 18.2 Å². The molecule has 0 aromatic heterocycles. The van der Waals surface area contributed by atoms with E-state index in [0.717, 1.165) is 5.56 Å². The summed E-state index contributed by atoms with van der Waals surface area (Å²) in [7, 11) is 0. The predicted octanol–water partition coefficient (Wildman–Crippen LogP) is 4.55. The van der Waals surface area contributed by atoms with E-state index < -0.39 is 0 Å². The number of nitrogen functional groups attached to an aromatic ring is 1. The lowest BCUT2D eigenvalue weighted by atomic mass is 10.2. The van der Waals surface area contributed by atoms with E-state index >= 15 is 0 Å². The van der Waals surface area contributed by atoms with E-state index in [4.69, 9.17) is 45.3 Å². The molecule has 0 aliphatic rings. The van der Waals surface area contributed by atoms with E-state index in [1.165, 1.54) is 12.1 Å². The zero-order valence-corrected chi connectivity index (χ0v) is 13.9. The second-order valence-corrected chi connectivity index (χ2v) is 5.82. The summed E-state index contributed by atoms with van der Waals surface area (Å²) in [6, 6.07) is 8.20. The van der Waals surface area contributed by atoms with E-state index in [1.807, 2.05) is 6.92 Å². The van der Waals surface area contributed by atoms with Crippen molar-refractivity contribution in [3.05, 3.63) is 51.0 Å². The number of nitrogens with two attached hydrogens (primary N) is 1. The van der Waals surface area contributed by atoms with Gasteiger partial charge >= 0.3 is 0 Å². The maximum absolute atomic E-state index is 11.9. The van der Waals surface area contributed by atoms with Gasteiger partial charge in [-0.15, -0.1) is 0 Å². The Bertz CT molecular complexity index is 697. The van der Waals surface area contributed by atoms with Gasteiger partial charge < -0.3 is 15.8 Å². The quantitative estimate of drug-likeness (QED) is 0.787. The normalized spacial score (nSPS) is 10.4. The molecule has 0 saturated heterocycles. The smallest absolute Gasteiger partial charge is 0.262 e. The summed E-state index contributed by atoms with van der Waals surface area (Å²) in [4.78, 5) is 11.9. The summed E-state index contributed by atoms with van der Waals surface area (Å²) in [5.41, 5.74) is 7.22. The molecular formula is C15H13Cl3N2O2. The Kier molecular flexibility index (Phi) is 5.40. The Labute approximate surface area is 143 Å². The third-order valence-electron chi connectivity index (χ3n) is 2.86. The van der Waals surface area contributed by atoms with Gasteiger partial charge in [0, 0.05) is 10.7 Å². The molecule has 0 aliphatic heterocycles. The lowest BCUT2D eigenvalue weighted by molar-refractivity contribution is -0.118. The summed E-state index contributed by atoms with van der Waals surface area (Å²) in [6.07, 6.45) is 0. The second-order valence-electron chi connectivity index (χ2n) is 4.60. The van der Waals surface area contributed by atoms with Gasteiger partial charge in [0.25, 0.3) is 5.91 Å². The number of hydrogen-bond donors (Lipinski definition) is 2. The molecule has 0 atom stereocenters. The monoisotopic (exact) mass is 358 g/mol. The Morgan fingerprint density at radius 1 is 1.14 bits per heavy atom. The highest BCUT2D eigenvalue weighted by molar-refractivity contribution is 6.39. The van der Waals surface area contributed by atoms with Gasteiger partial charge in [-0.1, -0.05) is 34.8 Å². The summed E-state index contributed by atoms with van der Waals surface area (Å²) < 4.78 is 5.40. The number of anilines is 2. The van der Waals surface area contributed by atoms with Crippen LogP contribution in [0.15, 0.2) is 30.3 Å². The second kappa shape index (κ2) is 7.09. The zero-order chi connectivity index (χ0) is 16.3. The van der Waals surface area contributed by atoms with Gasteiger partial charge in [0.1, 0.15) is 5.75 Å². The van der Waals surface area contributed by atoms with Gasteiger partial charge in [-0.25, -0.2) is 0 Å². The van der Waals surface area contributed by atoms with Gasteiger partial charge in [0.15, 0.2) is 6.61 Å². The van der Waals surface area contributed by atoms with Crippen LogP contribution in [0.2, 0.25) is 15.1 Å². The fourth-order valence-electron chi connectivity index (χ4n) is 1.71. The van der Waals surface area contributed by atoms with Crippen molar-refractivity contribution in [2.45, 2.75) is 6.92 Å². The third kappa shape index (κ3) is 4.19. The van der Waals surface area contributed by atoms with Crippen LogP contribution < -0.4 is 15.8 Å². The van der Waals surface area contributed by atoms with Crippen molar-refractivity contribution >= 4 is 52.1 Å². The van der Waals surface area contributed by atoms with Crippen LogP contribution in [0.25, 0.3) is 0 Å². The fourth-order valence-corrected chi connectivity index (χ4v) is 2.31. The van der Waals surface area contributed by atoms with Crippen molar-refractivity contribution in [2.75, 3.05) is 17.7 Å². The van der Waals surface area contributed by atoms with Crippen molar-refractivity contribution in [3.8, 4) is 5.75 Å². The summed E-state index contributed by atoms with van der Waals surface area (Å²) in [5, 5.41) is 3.82. The Hall–Kier alpha value is -1.62. The minimum Gasteiger partial charge on any atom is -0.484 e. The fraction of sp³-hybridized carbons (Fsp3) is 0.133. The van der Waals surface area contributed by atoms with Crippen molar-refractivity contribution in [1.29, 1.82) is 0 Å². The summed E-state index contributed by atoms with van der Waals surface area (Å²) in [6.45, 7) is 1.70. The van der Waals surface area contributed by atoms with Crippen molar-refractivity contribution in [2.24, 2.45) is 0 Å². The van der Waals surface area contributed by atoms with Gasteiger partial charge in [0.05, 0.1) is 15.7 Å². The molecular weight excluding hydrogens is 347 g/mol. The molecule has 0 unspecified atom stereocenters. The van der Waals surface area contributed by atoms with Crippen LogP contribution in [0.1, 0.15) is 5.56 Å². The molecule has 0 fully saturated rings. The van der Waals surface area contributed by atoms with Crippen molar-refractivity contribution in [1.82, 2.24) is 0 Å². The molecule has 3 N–H and O–H groups in total.